The van der Waals surface area contributed by atoms with Crippen molar-refractivity contribution >= 4 is 43.6 Å². The molecule has 0 aliphatic heterocycles. The molecule has 4 aromatic heterocycles. The van der Waals surface area contributed by atoms with E-state index in [0.29, 0.717) is 22.6 Å². The maximum absolute atomic E-state index is 10.2. The second-order valence-electron chi connectivity index (χ2n) is 10.1. The molecule has 0 fully saturated rings. The van der Waals surface area contributed by atoms with E-state index in [2.05, 4.69) is 31.2 Å². The average molecular weight is 553 g/mol. The molecular formula is C36H20N6O. The van der Waals surface area contributed by atoms with E-state index in [1.54, 1.807) is 12.4 Å². The molecule has 200 valence electrons. The first-order valence-corrected chi connectivity index (χ1v) is 13.7. The van der Waals surface area contributed by atoms with Crippen molar-refractivity contribution in [3.63, 3.8) is 0 Å². The molecule has 0 radical (unpaired) electrons. The molecule has 0 saturated heterocycles. The molecule has 8 rings (SSSR count). The Morgan fingerprint density at radius 2 is 0.930 bits per heavy atom. The van der Waals surface area contributed by atoms with Gasteiger partial charge in [-0.1, -0.05) is 48.5 Å². The molecule has 43 heavy (non-hydrogen) atoms. The molecule has 0 saturated carbocycles. The van der Waals surface area contributed by atoms with E-state index in [9.17, 15) is 10.5 Å². The van der Waals surface area contributed by atoms with Gasteiger partial charge in [-0.15, -0.1) is 0 Å². The topological polar surface area (TPSA) is 92.5 Å². The van der Waals surface area contributed by atoms with Crippen LogP contribution in [-0.2, 0) is 0 Å². The molecule has 0 aliphatic rings. The highest BCUT2D eigenvalue weighted by Gasteiger charge is 2.20. The summed E-state index contributed by atoms with van der Waals surface area (Å²) in [6.07, 6.45) is 3.51. The lowest BCUT2D eigenvalue weighted by Gasteiger charge is -2.12. The summed E-state index contributed by atoms with van der Waals surface area (Å²) in [6, 6.07) is 39.7. The maximum Gasteiger partial charge on any atom is 0.147 e. The normalized spacial score (nSPS) is 11.2. The standard InChI is InChI=1S/C36H20N6O/c37-21-23-17-27-25-9-1-3-11-29(25)41(35-13-5-7-15-39-35)31(27)19-33(23)43-34-20-32-28(18-24(34)22-38)26-10-2-4-12-30(26)42(32)36-14-6-8-16-40-36/h1-20H. The van der Waals surface area contributed by atoms with E-state index < -0.39 is 0 Å². The number of pyridine rings is 2. The molecule has 0 amide bonds. The van der Waals surface area contributed by atoms with Gasteiger partial charge in [0, 0.05) is 46.1 Å². The first kappa shape index (κ1) is 24.4. The lowest BCUT2D eigenvalue weighted by atomic mass is 10.1. The number of nitrogens with zero attached hydrogens (tertiary/aromatic N) is 6. The Labute approximate surface area is 245 Å². The number of hydrogen-bond donors (Lipinski definition) is 0. The van der Waals surface area contributed by atoms with Gasteiger partial charge in [0.15, 0.2) is 0 Å². The van der Waals surface area contributed by atoms with Crippen molar-refractivity contribution in [2.24, 2.45) is 0 Å². The van der Waals surface area contributed by atoms with Crippen molar-refractivity contribution in [3.05, 3.63) is 133 Å². The zero-order valence-electron chi connectivity index (χ0n) is 22.6. The van der Waals surface area contributed by atoms with Gasteiger partial charge in [-0.3, -0.25) is 9.13 Å². The molecular weight excluding hydrogens is 532 g/mol. The smallest absolute Gasteiger partial charge is 0.147 e. The van der Waals surface area contributed by atoms with Gasteiger partial charge in [0.25, 0.3) is 0 Å². The molecule has 7 nitrogen and oxygen atoms in total. The minimum absolute atomic E-state index is 0.353. The van der Waals surface area contributed by atoms with Gasteiger partial charge >= 0.3 is 0 Å². The number of rotatable bonds is 4. The number of ether oxygens (including phenoxy) is 1. The number of nitriles is 2. The van der Waals surface area contributed by atoms with Crippen molar-refractivity contribution in [1.82, 2.24) is 19.1 Å². The van der Waals surface area contributed by atoms with E-state index in [1.807, 2.05) is 109 Å². The van der Waals surface area contributed by atoms with Gasteiger partial charge in [0.1, 0.15) is 35.3 Å². The van der Waals surface area contributed by atoms with Crippen LogP contribution in [0.3, 0.4) is 0 Å². The predicted molar refractivity (Wildman–Crippen MR) is 167 cm³/mol. The quantitative estimate of drug-likeness (QED) is 0.219. The summed E-state index contributed by atoms with van der Waals surface area (Å²) in [6.45, 7) is 0. The Balaban J connectivity index is 1.38. The highest BCUT2D eigenvalue weighted by atomic mass is 16.5. The summed E-state index contributed by atoms with van der Waals surface area (Å²) in [7, 11) is 0. The molecule has 4 aromatic carbocycles. The zero-order chi connectivity index (χ0) is 28.9. The molecule has 0 spiro atoms. The third-order valence-corrected chi connectivity index (χ3v) is 7.77. The number of aromatic nitrogens is 4. The fraction of sp³-hybridized carbons (Fsp3) is 0. The Kier molecular flexibility index (Phi) is 5.43. The van der Waals surface area contributed by atoms with Crippen LogP contribution in [0.15, 0.2) is 122 Å². The molecule has 0 N–H and O–H groups in total. The van der Waals surface area contributed by atoms with E-state index in [1.165, 1.54) is 0 Å². The summed E-state index contributed by atoms with van der Waals surface area (Å²) in [4.78, 5) is 9.21. The Hall–Kier alpha value is -6.44. The van der Waals surface area contributed by atoms with Crippen LogP contribution in [0.5, 0.6) is 11.5 Å². The minimum Gasteiger partial charge on any atom is -0.454 e. The fourth-order valence-corrected chi connectivity index (χ4v) is 5.92. The van der Waals surface area contributed by atoms with Gasteiger partial charge in [0.05, 0.1) is 33.2 Å². The van der Waals surface area contributed by atoms with Crippen LogP contribution < -0.4 is 4.74 Å². The molecule has 8 aromatic rings. The van der Waals surface area contributed by atoms with Crippen LogP contribution in [0.2, 0.25) is 0 Å². The number of benzene rings is 4. The summed E-state index contributed by atoms with van der Waals surface area (Å²) in [5.74, 6) is 2.21. The van der Waals surface area contributed by atoms with E-state index in [-0.39, 0.29) is 0 Å². The molecule has 0 unspecified atom stereocenters. The molecule has 0 aliphatic carbocycles. The monoisotopic (exact) mass is 552 g/mol. The van der Waals surface area contributed by atoms with Crippen LogP contribution in [0.1, 0.15) is 11.1 Å². The third kappa shape index (κ3) is 3.73. The van der Waals surface area contributed by atoms with Crippen LogP contribution in [0.25, 0.3) is 55.2 Å². The van der Waals surface area contributed by atoms with E-state index in [4.69, 9.17) is 4.74 Å². The molecule has 4 heterocycles. The molecule has 0 atom stereocenters. The number of para-hydroxylation sites is 2. The highest BCUT2D eigenvalue weighted by Crippen LogP contribution is 2.40. The lowest BCUT2D eigenvalue weighted by Crippen LogP contribution is -1.98. The Bertz CT molecular complexity index is 2270. The van der Waals surface area contributed by atoms with Gasteiger partial charge < -0.3 is 4.74 Å². The van der Waals surface area contributed by atoms with Gasteiger partial charge in [-0.05, 0) is 48.5 Å². The van der Waals surface area contributed by atoms with Gasteiger partial charge in [0.2, 0.25) is 0 Å². The Morgan fingerprint density at radius 1 is 0.488 bits per heavy atom. The third-order valence-electron chi connectivity index (χ3n) is 7.77. The Morgan fingerprint density at radius 3 is 1.35 bits per heavy atom. The van der Waals surface area contributed by atoms with Crippen molar-refractivity contribution < 1.29 is 4.74 Å². The zero-order valence-corrected chi connectivity index (χ0v) is 22.6. The van der Waals surface area contributed by atoms with Crippen LogP contribution in [-0.4, -0.2) is 19.1 Å². The van der Waals surface area contributed by atoms with Gasteiger partial charge in [-0.2, -0.15) is 10.5 Å². The lowest BCUT2D eigenvalue weighted by molar-refractivity contribution is 0.481. The minimum atomic E-state index is 0.353. The summed E-state index contributed by atoms with van der Waals surface area (Å²) < 4.78 is 10.6. The fourth-order valence-electron chi connectivity index (χ4n) is 5.92. The van der Waals surface area contributed by atoms with Crippen LogP contribution >= 0.6 is 0 Å². The maximum atomic E-state index is 10.2. The SMILES string of the molecule is N#Cc1cc2c3ccccc3n(-c3ccccn3)c2cc1Oc1cc2c(cc1C#N)c1ccccc1n2-c1ccccn1. The number of hydrogen-bond acceptors (Lipinski definition) is 5. The number of fused-ring (bicyclic) bond motifs is 6. The predicted octanol–water partition coefficient (Wildman–Crippen LogP) is 8.21. The first-order chi connectivity index (χ1) is 21.2. The molecule has 7 heteroatoms. The van der Waals surface area contributed by atoms with Crippen LogP contribution in [0, 0.1) is 22.7 Å². The largest absolute Gasteiger partial charge is 0.454 e. The first-order valence-electron chi connectivity index (χ1n) is 13.7. The van der Waals surface area contributed by atoms with Crippen molar-refractivity contribution in [3.8, 4) is 35.3 Å². The van der Waals surface area contributed by atoms with Gasteiger partial charge in [-0.25, -0.2) is 9.97 Å². The van der Waals surface area contributed by atoms with E-state index >= 15 is 0 Å². The summed E-state index contributed by atoms with van der Waals surface area (Å²) in [5, 5.41) is 24.3. The summed E-state index contributed by atoms with van der Waals surface area (Å²) >= 11 is 0. The average Bonchev–Trinajstić information content (AvgIpc) is 3.56. The van der Waals surface area contributed by atoms with Crippen molar-refractivity contribution in [2.75, 3.05) is 0 Å². The van der Waals surface area contributed by atoms with E-state index in [0.717, 1.165) is 55.2 Å². The summed E-state index contributed by atoms with van der Waals surface area (Å²) in [5.41, 5.74) is 4.36. The van der Waals surface area contributed by atoms with Crippen LogP contribution in [0.4, 0.5) is 0 Å². The second-order valence-corrected chi connectivity index (χ2v) is 10.1. The molecule has 0 bridgehead atoms. The van der Waals surface area contributed by atoms with Crippen molar-refractivity contribution in [1.29, 1.82) is 10.5 Å². The highest BCUT2D eigenvalue weighted by molar-refractivity contribution is 6.11. The van der Waals surface area contributed by atoms with Crippen molar-refractivity contribution in [2.45, 2.75) is 0 Å². The second kappa shape index (κ2) is 9.59.